The van der Waals surface area contributed by atoms with E-state index in [9.17, 15) is 4.79 Å². The van der Waals surface area contributed by atoms with Gasteiger partial charge in [0.15, 0.2) is 0 Å². The van der Waals surface area contributed by atoms with E-state index in [4.69, 9.17) is 17.3 Å². The zero-order valence-electron chi connectivity index (χ0n) is 17.0. The molecule has 1 amide bonds. The van der Waals surface area contributed by atoms with E-state index in [-0.39, 0.29) is 17.7 Å². The van der Waals surface area contributed by atoms with Crippen LogP contribution in [0.5, 0.6) is 0 Å². The average molecular weight is 434 g/mol. The molecule has 5 rings (SSSR count). The summed E-state index contributed by atoms with van der Waals surface area (Å²) in [6, 6.07) is 3.63. The van der Waals surface area contributed by atoms with Gasteiger partial charge in [-0.3, -0.25) is 14.5 Å². The minimum absolute atomic E-state index is 0.0674. The maximum Gasteiger partial charge on any atom is 0.229 e. The van der Waals surface area contributed by atoms with Gasteiger partial charge in [-0.15, -0.1) is 0 Å². The van der Waals surface area contributed by atoms with Crippen molar-refractivity contribution in [2.45, 2.75) is 19.3 Å². The van der Waals surface area contributed by atoms with Crippen LogP contribution in [0.3, 0.4) is 0 Å². The van der Waals surface area contributed by atoms with Gasteiger partial charge in [-0.05, 0) is 42.5 Å². The molecular formula is C22H20ClN7O. The molecule has 0 saturated heterocycles. The fraction of sp³-hybridized carbons (Fsp3) is 0.227. The number of carbonyl (C=O) groups is 1. The predicted molar refractivity (Wildman–Crippen MR) is 120 cm³/mol. The molecule has 4 aromatic heterocycles. The number of aromatic nitrogens is 5. The van der Waals surface area contributed by atoms with Crippen molar-refractivity contribution in [3.8, 4) is 11.3 Å². The second-order valence-corrected chi connectivity index (χ2v) is 8.23. The van der Waals surface area contributed by atoms with E-state index in [0.717, 1.165) is 23.1 Å². The molecule has 2 atom stereocenters. The van der Waals surface area contributed by atoms with Gasteiger partial charge >= 0.3 is 0 Å². The van der Waals surface area contributed by atoms with Gasteiger partial charge in [-0.25, -0.2) is 9.97 Å². The largest absolute Gasteiger partial charge is 0.383 e. The summed E-state index contributed by atoms with van der Waals surface area (Å²) in [5.41, 5.74) is 9.61. The van der Waals surface area contributed by atoms with Gasteiger partial charge in [0.2, 0.25) is 5.91 Å². The lowest BCUT2D eigenvalue weighted by Crippen LogP contribution is -2.15. The molecule has 8 nitrogen and oxygen atoms in total. The minimum atomic E-state index is -0.0896. The predicted octanol–water partition coefficient (Wildman–Crippen LogP) is 3.71. The van der Waals surface area contributed by atoms with Gasteiger partial charge in [-0.2, -0.15) is 5.10 Å². The number of halogens is 1. The third kappa shape index (κ3) is 3.48. The molecule has 156 valence electrons. The summed E-state index contributed by atoms with van der Waals surface area (Å²) in [6.45, 7) is 1.96. The highest BCUT2D eigenvalue weighted by Gasteiger charge is 2.44. The van der Waals surface area contributed by atoms with E-state index in [1.807, 2.05) is 32.4 Å². The molecule has 9 heteroatoms. The lowest BCUT2D eigenvalue weighted by Gasteiger charge is -2.12. The molecule has 1 aliphatic rings. The Morgan fingerprint density at radius 2 is 2.13 bits per heavy atom. The number of amides is 1. The van der Waals surface area contributed by atoms with Gasteiger partial charge in [-0.1, -0.05) is 11.6 Å². The Balaban J connectivity index is 1.45. The Labute approximate surface area is 183 Å². The quantitative estimate of drug-likeness (QED) is 0.507. The van der Waals surface area contributed by atoms with Crippen LogP contribution in [-0.4, -0.2) is 30.6 Å². The standard InChI is InChI=1S/C22H20ClN7O/c1-11-3-4-25-8-16(11)20-19(23)14-6-18(26-9-17(14)21(24)29-20)28-22(31)15-5-13(15)12-7-27-30(2)10-12/h3-4,6-10,13,15H,5H2,1-2H3,(H2,24,29)(H,26,28,31)/t13-,15+/m1/s1. The Kier molecular flexibility index (Phi) is 4.59. The smallest absolute Gasteiger partial charge is 0.229 e. The van der Waals surface area contributed by atoms with Crippen LogP contribution in [0.25, 0.3) is 22.0 Å². The van der Waals surface area contributed by atoms with Crippen molar-refractivity contribution < 1.29 is 4.79 Å². The first-order chi connectivity index (χ1) is 14.9. The minimum Gasteiger partial charge on any atom is -0.383 e. The molecule has 0 radical (unpaired) electrons. The molecule has 0 spiro atoms. The van der Waals surface area contributed by atoms with E-state index in [1.54, 1.807) is 29.3 Å². The number of hydrogen-bond donors (Lipinski definition) is 2. The van der Waals surface area contributed by atoms with Crippen molar-refractivity contribution in [3.05, 3.63) is 59.3 Å². The van der Waals surface area contributed by atoms with Crippen molar-refractivity contribution >= 4 is 39.9 Å². The van der Waals surface area contributed by atoms with Gasteiger partial charge in [0.1, 0.15) is 11.6 Å². The highest BCUT2D eigenvalue weighted by Crippen LogP contribution is 2.48. The van der Waals surface area contributed by atoms with E-state index in [0.29, 0.717) is 33.1 Å². The Hall–Kier alpha value is -3.52. The fourth-order valence-electron chi connectivity index (χ4n) is 3.86. The van der Waals surface area contributed by atoms with Gasteiger partial charge in [0.05, 0.1) is 16.9 Å². The molecule has 4 aromatic rings. The maximum atomic E-state index is 12.7. The Morgan fingerprint density at radius 3 is 2.87 bits per heavy atom. The molecule has 0 unspecified atom stereocenters. The summed E-state index contributed by atoms with van der Waals surface area (Å²) in [6.07, 6.45) is 9.57. The fourth-order valence-corrected chi connectivity index (χ4v) is 4.16. The lowest BCUT2D eigenvalue weighted by atomic mass is 10.1. The second kappa shape index (κ2) is 7.31. The SMILES string of the molecule is Cc1ccncc1-c1nc(N)c2cnc(NC(=O)[C@H]3C[C@@H]3c3cnn(C)c3)cc2c1Cl. The molecule has 1 saturated carbocycles. The summed E-state index contributed by atoms with van der Waals surface area (Å²) in [4.78, 5) is 25.7. The van der Waals surface area contributed by atoms with Gasteiger partial charge in [0, 0.05) is 54.1 Å². The topological polar surface area (TPSA) is 112 Å². The average Bonchev–Trinajstić information content (AvgIpc) is 3.45. The van der Waals surface area contributed by atoms with Crippen LogP contribution in [0.15, 0.2) is 43.1 Å². The molecular weight excluding hydrogens is 414 g/mol. The number of rotatable bonds is 4. The molecule has 4 heterocycles. The molecule has 31 heavy (non-hydrogen) atoms. The Morgan fingerprint density at radius 1 is 1.29 bits per heavy atom. The van der Waals surface area contributed by atoms with Crippen molar-refractivity contribution in [3.63, 3.8) is 0 Å². The van der Waals surface area contributed by atoms with E-state index >= 15 is 0 Å². The number of anilines is 2. The van der Waals surface area contributed by atoms with Crippen LogP contribution < -0.4 is 11.1 Å². The highest BCUT2D eigenvalue weighted by molar-refractivity contribution is 6.38. The molecule has 1 aliphatic carbocycles. The third-order valence-corrected chi connectivity index (χ3v) is 6.06. The van der Waals surface area contributed by atoms with Gasteiger partial charge in [0.25, 0.3) is 0 Å². The van der Waals surface area contributed by atoms with E-state index in [1.165, 1.54) is 0 Å². The van der Waals surface area contributed by atoms with Crippen LogP contribution in [0, 0.1) is 12.8 Å². The number of nitrogens with two attached hydrogens (primary N) is 1. The van der Waals surface area contributed by atoms with Crippen LogP contribution in [0.4, 0.5) is 11.6 Å². The molecule has 0 aliphatic heterocycles. The van der Waals surface area contributed by atoms with Crippen LogP contribution in [-0.2, 0) is 11.8 Å². The molecule has 0 bridgehead atoms. The maximum absolute atomic E-state index is 12.7. The number of hydrogen-bond acceptors (Lipinski definition) is 6. The normalized spacial score (nSPS) is 17.6. The second-order valence-electron chi connectivity index (χ2n) is 7.85. The number of nitrogens with zero attached hydrogens (tertiary/aromatic N) is 5. The van der Waals surface area contributed by atoms with Crippen molar-refractivity contribution in [1.29, 1.82) is 0 Å². The van der Waals surface area contributed by atoms with Crippen LogP contribution in [0.2, 0.25) is 5.02 Å². The summed E-state index contributed by atoms with van der Waals surface area (Å²) < 4.78 is 1.75. The first-order valence-corrected chi connectivity index (χ1v) is 10.3. The third-order valence-electron chi connectivity index (χ3n) is 5.68. The molecule has 1 fully saturated rings. The zero-order chi connectivity index (χ0) is 21.7. The number of nitrogen functional groups attached to an aromatic ring is 1. The van der Waals surface area contributed by atoms with Crippen molar-refractivity contribution in [1.82, 2.24) is 24.7 Å². The van der Waals surface area contributed by atoms with Crippen LogP contribution >= 0.6 is 11.6 Å². The summed E-state index contributed by atoms with van der Waals surface area (Å²) in [7, 11) is 1.87. The molecule has 3 N–H and O–H groups in total. The summed E-state index contributed by atoms with van der Waals surface area (Å²) >= 11 is 6.71. The lowest BCUT2D eigenvalue weighted by molar-refractivity contribution is -0.117. The summed E-state index contributed by atoms with van der Waals surface area (Å²) in [5.74, 6) is 0.783. The van der Waals surface area contributed by atoms with Gasteiger partial charge < -0.3 is 11.1 Å². The first kappa shape index (κ1) is 19.4. The Bertz CT molecular complexity index is 1330. The van der Waals surface area contributed by atoms with E-state index in [2.05, 4.69) is 25.4 Å². The monoisotopic (exact) mass is 433 g/mol. The van der Waals surface area contributed by atoms with Crippen molar-refractivity contribution in [2.24, 2.45) is 13.0 Å². The number of aryl methyl sites for hydroxylation is 2. The first-order valence-electron chi connectivity index (χ1n) is 9.87. The number of pyridine rings is 3. The number of fused-ring (bicyclic) bond motifs is 1. The number of carbonyl (C=O) groups excluding carboxylic acids is 1. The molecule has 0 aromatic carbocycles. The van der Waals surface area contributed by atoms with E-state index < -0.39 is 0 Å². The summed E-state index contributed by atoms with van der Waals surface area (Å²) in [5, 5.41) is 8.85. The van der Waals surface area contributed by atoms with Crippen molar-refractivity contribution in [2.75, 3.05) is 11.1 Å². The highest BCUT2D eigenvalue weighted by atomic mass is 35.5. The van der Waals surface area contributed by atoms with Crippen LogP contribution in [0.1, 0.15) is 23.5 Å². The zero-order valence-corrected chi connectivity index (χ0v) is 17.8. The number of nitrogens with one attached hydrogen (secondary N) is 1.